The number of allylic oxidation sites excluding steroid dienone is 3. The zero-order chi connectivity index (χ0) is 11.5. The minimum absolute atomic E-state index is 0.226. The molecule has 2 rings (SSSR count). The van der Waals surface area contributed by atoms with E-state index in [4.69, 9.17) is 0 Å². The van der Waals surface area contributed by atoms with Gasteiger partial charge in [0.1, 0.15) is 0 Å². The molecule has 0 aromatic heterocycles. The molecule has 1 aliphatic carbocycles. The van der Waals surface area contributed by atoms with Gasteiger partial charge in [0.05, 0.1) is 4.92 Å². The van der Waals surface area contributed by atoms with Crippen LogP contribution < -0.4 is 0 Å². The zero-order valence-corrected chi connectivity index (χ0v) is 9.09. The Hall–Kier alpha value is -1.90. The van der Waals surface area contributed by atoms with Gasteiger partial charge >= 0.3 is 0 Å². The first-order chi connectivity index (χ1) is 7.68. The van der Waals surface area contributed by atoms with Crippen molar-refractivity contribution in [3.63, 3.8) is 0 Å². The van der Waals surface area contributed by atoms with Gasteiger partial charge in [-0.2, -0.15) is 0 Å². The van der Waals surface area contributed by atoms with Crippen LogP contribution in [0.2, 0.25) is 0 Å². The van der Waals surface area contributed by atoms with Gasteiger partial charge in [0.25, 0.3) is 5.70 Å². The molecule has 0 spiro atoms. The lowest BCUT2D eigenvalue weighted by Crippen LogP contribution is -2.07. The third-order valence-electron chi connectivity index (χ3n) is 2.74. The zero-order valence-electron chi connectivity index (χ0n) is 9.09. The van der Waals surface area contributed by atoms with Crippen LogP contribution in [0, 0.1) is 16.0 Å². The maximum atomic E-state index is 10.9. The molecule has 0 aliphatic heterocycles. The lowest BCUT2D eigenvalue weighted by Gasteiger charge is -2.15. The van der Waals surface area contributed by atoms with E-state index < -0.39 is 0 Å². The van der Waals surface area contributed by atoms with E-state index in [2.05, 4.69) is 6.92 Å². The van der Waals surface area contributed by atoms with Crippen molar-refractivity contribution in [2.45, 2.75) is 13.3 Å². The van der Waals surface area contributed by atoms with Gasteiger partial charge in [-0.3, -0.25) is 10.1 Å². The first-order valence-corrected chi connectivity index (χ1v) is 5.29. The fourth-order valence-electron chi connectivity index (χ4n) is 1.93. The summed E-state index contributed by atoms with van der Waals surface area (Å²) < 4.78 is 0. The van der Waals surface area contributed by atoms with Gasteiger partial charge < -0.3 is 0 Å². The first-order valence-electron chi connectivity index (χ1n) is 5.29. The Balaban J connectivity index is 2.49. The number of nitro groups is 1. The van der Waals surface area contributed by atoms with Crippen LogP contribution in [0.15, 0.2) is 48.2 Å². The van der Waals surface area contributed by atoms with Crippen LogP contribution in [-0.2, 0) is 0 Å². The average molecular weight is 215 g/mol. The van der Waals surface area contributed by atoms with Gasteiger partial charge in [-0.25, -0.2) is 0 Å². The van der Waals surface area contributed by atoms with Crippen LogP contribution in [0.5, 0.6) is 0 Å². The molecule has 0 bridgehead atoms. The molecular weight excluding hydrogens is 202 g/mol. The van der Waals surface area contributed by atoms with Crippen molar-refractivity contribution in [1.29, 1.82) is 0 Å². The maximum absolute atomic E-state index is 10.9. The topological polar surface area (TPSA) is 43.1 Å². The van der Waals surface area contributed by atoms with Crippen LogP contribution in [0.4, 0.5) is 0 Å². The van der Waals surface area contributed by atoms with Crippen LogP contribution >= 0.6 is 0 Å². The van der Waals surface area contributed by atoms with E-state index in [0.717, 1.165) is 17.6 Å². The molecule has 1 aromatic rings. The average Bonchev–Trinajstić information content (AvgIpc) is 2.29. The molecule has 0 saturated carbocycles. The van der Waals surface area contributed by atoms with Gasteiger partial charge in [0.15, 0.2) is 0 Å². The molecule has 0 fully saturated rings. The molecule has 3 heteroatoms. The van der Waals surface area contributed by atoms with Crippen LogP contribution in [0.25, 0.3) is 5.57 Å². The molecule has 0 heterocycles. The third-order valence-corrected chi connectivity index (χ3v) is 2.74. The third kappa shape index (κ3) is 2.03. The van der Waals surface area contributed by atoms with Gasteiger partial charge in [0.2, 0.25) is 0 Å². The summed E-state index contributed by atoms with van der Waals surface area (Å²) in [6.07, 6.45) is 4.25. The number of rotatable bonds is 2. The summed E-state index contributed by atoms with van der Waals surface area (Å²) in [5.41, 5.74) is 2.01. The highest BCUT2D eigenvalue weighted by Crippen LogP contribution is 2.31. The number of benzene rings is 1. The Bertz CT molecular complexity index is 460. The molecule has 3 nitrogen and oxygen atoms in total. The van der Waals surface area contributed by atoms with Crippen LogP contribution in [-0.4, -0.2) is 4.92 Å². The monoisotopic (exact) mass is 215 g/mol. The largest absolute Gasteiger partial charge is 0.272 e. The van der Waals surface area contributed by atoms with Crippen molar-refractivity contribution < 1.29 is 4.92 Å². The fraction of sp³-hybridized carbons (Fsp3) is 0.231. The standard InChI is InChI=1S/C13H13NO2/c1-10-7-8-13(14(15)16)12(9-10)11-5-3-2-4-6-11/h2-8,10H,9H2,1H3. The quantitative estimate of drug-likeness (QED) is 0.561. The summed E-state index contributed by atoms with van der Waals surface area (Å²) in [4.78, 5) is 10.6. The van der Waals surface area contributed by atoms with Crippen LogP contribution in [0.1, 0.15) is 18.9 Å². The molecular formula is C13H13NO2. The molecule has 1 aliphatic rings. The van der Waals surface area contributed by atoms with Crippen molar-refractivity contribution in [2.75, 3.05) is 0 Å². The normalized spacial score (nSPS) is 19.9. The Morgan fingerprint density at radius 2 is 2.00 bits per heavy atom. The van der Waals surface area contributed by atoms with Gasteiger partial charge in [-0.1, -0.05) is 43.3 Å². The summed E-state index contributed by atoms with van der Waals surface area (Å²) in [6.45, 7) is 2.07. The smallest absolute Gasteiger partial charge is 0.258 e. The number of hydrogen-bond acceptors (Lipinski definition) is 2. The Morgan fingerprint density at radius 3 is 2.62 bits per heavy atom. The van der Waals surface area contributed by atoms with E-state index in [1.165, 1.54) is 0 Å². The SMILES string of the molecule is CC1C=CC([N+](=O)[O-])=C(c2ccccc2)C1. The molecule has 1 aromatic carbocycles. The minimum Gasteiger partial charge on any atom is -0.258 e. The molecule has 1 unspecified atom stereocenters. The fourth-order valence-corrected chi connectivity index (χ4v) is 1.93. The van der Waals surface area contributed by atoms with Crippen LogP contribution in [0.3, 0.4) is 0 Å². The molecule has 0 N–H and O–H groups in total. The molecule has 0 radical (unpaired) electrons. The molecule has 0 saturated heterocycles. The van der Waals surface area contributed by atoms with Crippen molar-refractivity contribution in [3.05, 3.63) is 63.9 Å². The van der Waals surface area contributed by atoms with Crippen molar-refractivity contribution >= 4 is 5.57 Å². The number of nitrogens with zero attached hydrogens (tertiary/aromatic N) is 1. The van der Waals surface area contributed by atoms with E-state index in [0.29, 0.717) is 5.92 Å². The molecule has 16 heavy (non-hydrogen) atoms. The highest BCUT2D eigenvalue weighted by atomic mass is 16.6. The predicted molar refractivity (Wildman–Crippen MR) is 63.3 cm³/mol. The van der Waals surface area contributed by atoms with E-state index in [-0.39, 0.29) is 10.6 Å². The Labute approximate surface area is 94.3 Å². The Morgan fingerprint density at radius 1 is 1.31 bits per heavy atom. The molecule has 0 amide bonds. The second kappa shape index (κ2) is 4.31. The summed E-state index contributed by atoms with van der Waals surface area (Å²) in [5, 5.41) is 10.9. The van der Waals surface area contributed by atoms with Crippen molar-refractivity contribution in [2.24, 2.45) is 5.92 Å². The van der Waals surface area contributed by atoms with Gasteiger partial charge in [0, 0.05) is 11.6 Å². The van der Waals surface area contributed by atoms with Gasteiger partial charge in [-0.05, 0) is 17.9 Å². The first kappa shape index (κ1) is 10.6. The Kier molecular flexibility index (Phi) is 2.86. The van der Waals surface area contributed by atoms with E-state index in [9.17, 15) is 10.1 Å². The molecule has 1 atom stereocenters. The summed E-state index contributed by atoms with van der Waals surface area (Å²) in [7, 11) is 0. The molecule has 82 valence electrons. The number of hydrogen-bond donors (Lipinski definition) is 0. The summed E-state index contributed by atoms with van der Waals surface area (Å²) >= 11 is 0. The minimum atomic E-state index is -0.301. The summed E-state index contributed by atoms with van der Waals surface area (Å²) in [5.74, 6) is 0.360. The second-order valence-electron chi connectivity index (χ2n) is 4.03. The highest BCUT2D eigenvalue weighted by Gasteiger charge is 2.22. The van der Waals surface area contributed by atoms with Crippen molar-refractivity contribution in [1.82, 2.24) is 0 Å². The van der Waals surface area contributed by atoms with E-state index in [1.54, 1.807) is 6.08 Å². The summed E-state index contributed by atoms with van der Waals surface area (Å²) in [6, 6.07) is 9.57. The van der Waals surface area contributed by atoms with Crippen molar-refractivity contribution in [3.8, 4) is 0 Å². The highest BCUT2D eigenvalue weighted by molar-refractivity contribution is 5.70. The predicted octanol–water partition coefficient (Wildman–Crippen LogP) is 3.27. The lowest BCUT2D eigenvalue weighted by molar-refractivity contribution is -0.418. The van der Waals surface area contributed by atoms with E-state index in [1.807, 2.05) is 36.4 Å². The van der Waals surface area contributed by atoms with E-state index >= 15 is 0 Å². The van der Waals surface area contributed by atoms with Gasteiger partial charge in [-0.15, -0.1) is 0 Å². The second-order valence-corrected chi connectivity index (χ2v) is 4.03. The lowest BCUT2D eigenvalue weighted by atomic mass is 9.89. The maximum Gasteiger partial charge on any atom is 0.272 e.